The highest BCUT2D eigenvalue weighted by molar-refractivity contribution is 5.78. The Morgan fingerprint density at radius 2 is 1.42 bits per heavy atom. The third kappa shape index (κ3) is 6.12. The summed E-state index contributed by atoms with van der Waals surface area (Å²) in [6, 6.07) is 24.6. The number of nitro benzene ring substituents is 1. The first kappa shape index (κ1) is 24.1. The van der Waals surface area contributed by atoms with Crippen LogP contribution in [0.3, 0.4) is 0 Å². The normalized spacial score (nSPS) is 10.9. The number of hydrogen-bond acceptors (Lipinski definition) is 10. The lowest BCUT2D eigenvalue weighted by atomic mass is 10.2. The predicted octanol–water partition coefficient (Wildman–Crippen LogP) is 6.11. The first-order valence-electron chi connectivity index (χ1n) is 11.3. The largest absolute Gasteiger partial charge is 0.455 e. The molecule has 0 aliphatic rings. The molecule has 0 aliphatic carbocycles. The van der Waals surface area contributed by atoms with Gasteiger partial charge in [0, 0.05) is 29.1 Å². The summed E-state index contributed by atoms with van der Waals surface area (Å²) in [7, 11) is 0. The Morgan fingerprint density at radius 3 is 2.08 bits per heavy atom. The summed E-state index contributed by atoms with van der Waals surface area (Å²) in [5.41, 5.74) is 4.76. The molecule has 12 heteroatoms. The van der Waals surface area contributed by atoms with Crippen LogP contribution in [0.5, 0.6) is 0 Å². The second kappa shape index (κ2) is 11.0. The number of hydrogen-bond donors (Lipinski definition) is 3. The molecule has 0 fully saturated rings. The second-order valence-corrected chi connectivity index (χ2v) is 7.81. The van der Waals surface area contributed by atoms with E-state index in [0.29, 0.717) is 17.2 Å². The van der Waals surface area contributed by atoms with Gasteiger partial charge in [-0.2, -0.15) is 20.1 Å². The first-order chi connectivity index (χ1) is 18.5. The van der Waals surface area contributed by atoms with Crippen molar-refractivity contribution in [2.45, 2.75) is 0 Å². The molecule has 188 valence electrons. The number of anilines is 5. The van der Waals surface area contributed by atoms with Crippen molar-refractivity contribution in [1.82, 2.24) is 15.0 Å². The maximum Gasteiger partial charge on any atom is 0.269 e. The Hall–Kier alpha value is -5.65. The number of furan rings is 1. The maximum atomic E-state index is 13.2. The van der Waals surface area contributed by atoms with Crippen LogP contribution in [0.4, 0.5) is 39.3 Å². The third-order valence-electron chi connectivity index (χ3n) is 5.11. The van der Waals surface area contributed by atoms with Gasteiger partial charge in [-0.3, -0.25) is 10.1 Å². The number of hydrazone groups is 1. The van der Waals surface area contributed by atoms with Gasteiger partial charge in [-0.25, -0.2) is 9.82 Å². The van der Waals surface area contributed by atoms with Crippen molar-refractivity contribution in [3.63, 3.8) is 0 Å². The molecule has 3 N–H and O–H groups in total. The molecule has 0 atom stereocenters. The van der Waals surface area contributed by atoms with E-state index in [4.69, 9.17) is 4.42 Å². The fraction of sp³-hybridized carbons (Fsp3) is 0. The van der Waals surface area contributed by atoms with E-state index in [2.05, 4.69) is 36.1 Å². The summed E-state index contributed by atoms with van der Waals surface area (Å²) < 4.78 is 18.9. The van der Waals surface area contributed by atoms with E-state index in [0.717, 1.165) is 11.3 Å². The summed E-state index contributed by atoms with van der Waals surface area (Å²) in [5, 5.41) is 21.2. The molecular formula is C26H19FN8O3. The Bertz CT molecular complexity index is 1570. The van der Waals surface area contributed by atoms with Gasteiger partial charge in [0.2, 0.25) is 17.8 Å². The fourth-order valence-electron chi connectivity index (χ4n) is 3.33. The third-order valence-corrected chi connectivity index (χ3v) is 5.11. The monoisotopic (exact) mass is 510 g/mol. The molecule has 2 heterocycles. The van der Waals surface area contributed by atoms with E-state index < -0.39 is 4.92 Å². The smallest absolute Gasteiger partial charge is 0.269 e. The van der Waals surface area contributed by atoms with Gasteiger partial charge in [0.15, 0.2) is 0 Å². The summed E-state index contributed by atoms with van der Waals surface area (Å²) in [4.78, 5) is 23.5. The molecule has 11 nitrogen and oxygen atoms in total. The number of nitro groups is 1. The second-order valence-electron chi connectivity index (χ2n) is 7.81. The first-order valence-corrected chi connectivity index (χ1v) is 11.3. The molecule has 3 aromatic carbocycles. The molecule has 0 radical (unpaired) electrons. The highest BCUT2D eigenvalue weighted by Crippen LogP contribution is 2.23. The number of non-ortho nitro benzene ring substituents is 1. The Labute approximate surface area is 215 Å². The van der Waals surface area contributed by atoms with E-state index in [1.165, 1.54) is 30.5 Å². The van der Waals surface area contributed by atoms with Crippen molar-refractivity contribution in [3.05, 3.63) is 113 Å². The van der Waals surface area contributed by atoms with E-state index in [1.807, 2.05) is 30.3 Å². The number of nitrogens with one attached hydrogen (secondary N) is 3. The van der Waals surface area contributed by atoms with Crippen LogP contribution in [0.15, 0.2) is 101 Å². The number of rotatable bonds is 9. The molecule has 5 aromatic rings. The summed E-state index contributed by atoms with van der Waals surface area (Å²) in [5.74, 6) is 1.25. The van der Waals surface area contributed by atoms with Gasteiger partial charge in [0.05, 0.1) is 11.1 Å². The zero-order valence-electron chi connectivity index (χ0n) is 19.6. The zero-order valence-corrected chi connectivity index (χ0v) is 19.6. The molecule has 0 unspecified atom stereocenters. The number of benzene rings is 3. The van der Waals surface area contributed by atoms with Crippen LogP contribution in [-0.4, -0.2) is 26.1 Å². The van der Waals surface area contributed by atoms with Crippen LogP contribution in [0.25, 0.3) is 11.3 Å². The van der Waals surface area contributed by atoms with E-state index in [9.17, 15) is 14.5 Å². The van der Waals surface area contributed by atoms with Crippen LogP contribution in [0.1, 0.15) is 5.76 Å². The molecule has 0 aliphatic heterocycles. The highest BCUT2D eigenvalue weighted by Gasteiger charge is 2.10. The topological polar surface area (TPSA) is 143 Å². The summed E-state index contributed by atoms with van der Waals surface area (Å²) >= 11 is 0. The van der Waals surface area contributed by atoms with E-state index in [1.54, 1.807) is 36.4 Å². The number of nitrogens with zero attached hydrogens (tertiary/aromatic N) is 5. The minimum absolute atomic E-state index is 0.0326. The van der Waals surface area contributed by atoms with Crippen molar-refractivity contribution in [2.75, 3.05) is 16.1 Å². The number of halogens is 1. The molecule has 0 saturated carbocycles. The summed E-state index contributed by atoms with van der Waals surface area (Å²) in [6.07, 6.45) is 1.45. The van der Waals surface area contributed by atoms with Gasteiger partial charge in [-0.15, -0.1) is 0 Å². The van der Waals surface area contributed by atoms with Crippen LogP contribution >= 0.6 is 0 Å². The quantitative estimate of drug-likeness (QED) is 0.121. The van der Waals surface area contributed by atoms with Crippen molar-refractivity contribution < 1.29 is 13.7 Å². The van der Waals surface area contributed by atoms with E-state index >= 15 is 0 Å². The van der Waals surface area contributed by atoms with Crippen LogP contribution < -0.4 is 16.1 Å². The van der Waals surface area contributed by atoms with Gasteiger partial charge < -0.3 is 15.1 Å². The van der Waals surface area contributed by atoms with Crippen molar-refractivity contribution >= 4 is 41.1 Å². The van der Waals surface area contributed by atoms with Gasteiger partial charge in [-0.1, -0.05) is 18.2 Å². The summed E-state index contributed by atoms with van der Waals surface area (Å²) in [6.45, 7) is 0. The van der Waals surface area contributed by atoms with Gasteiger partial charge in [0.25, 0.3) is 5.69 Å². The number of aromatic nitrogens is 3. The molecule has 0 saturated heterocycles. The Balaban J connectivity index is 1.34. The SMILES string of the molecule is O=[N+]([O-])c1ccc(Nc2nc(N/N=C/c3ccc(-c4ccc(F)cc4)o3)nc(Nc3ccccc3)n2)cc1. The average Bonchev–Trinajstić information content (AvgIpc) is 3.39. The molecule has 5 rings (SSSR count). The van der Waals surface area contributed by atoms with Crippen molar-refractivity contribution in [2.24, 2.45) is 5.10 Å². The highest BCUT2D eigenvalue weighted by atomic mass is 19.1. The molecule has 0 bridgehead atoms. The van der Waals surface area contributed by atoms with E-state index in [-0.39, 0.29) is 29.3 Å². The lowest BCUT2D eigenvalue weighted by Crippen LogP contribution is -2.07. The fourth-order valence-corrected chi connectivity index (χ4v) is 3.33. The lowest BCUT2D eigenvalue weighted by molar-refractivity contribution is -0.384. The molecule has 0 spiro atoms. The van der Waals surface area contributed by atoms with Crippen LogP contribution in [0.2, 0.25) is 0 Å². The Kier molecular flexibility index (Phi) is 6.93. The molecule has 0 amide bonds. The minimum atomic E-state index is -0.476. The zero-order chi connectivity index (χ0) is 26.3. The lowest BCUT2D eigenvalue weighted by Gasteiger charge is -2.10. The Morgan fingerprint density at radius 1 is 0.789 bits per heavy atom. The minimum Gasteiger partial charge on any atom is -0.455 e. The van der Waals surface area contributed by atoms with Crippen LogP contribution in [0, 0.1) is 15.9 Å². The average molecular weight is 510 g/mol. The van der Waals surface area contributed by atoms with Gasteiger partial charge in [-0.05, 0) is 60.7 Å². The van der Waals surface area contributed by atoms with Crippen LogP contribution in [-0.2, 0) is 0 Å². The molecule has 38 heavy (non-hydrogen) atoms. The molecular weight excluding hydrogens is 491 g/mol. The van der Waals surface area contributed by atoms with Crippen molar-refractivity contribution in [1.29, 1.82) is 0 Å². The van der Waals surface area contributed by atoms with Gasteiger partial charge >= 0.3 is 0 Å². The predicted molar refractivity (Wildman–Crippen MR) is 141 cm³/mol. The number of para-hydroxylation sites is 1. The standard InChI is InChI=1S/C26H19FN8O3/c27-18-8-6-17(7-9-18)23-15-14-22(38-23)16-28-34-26-32-24(29-19-4-2-1-3-5-19)31-25(33-26)30-20-10-12-21(13-11-20)35(36)37/h1-16H,(H3,29,30,31,32,33,34)/b28-16+. The van der Waals surface area contributed by atoms with Gasteiger partial charge in [0.1, 0.15) is 17.3 Å². The molecule has 2 aromatic heterocycles. The maximum absolute atomic E-state index is 13.2. The van der Waals surface area contributed by atoms with Crippen molar-refractivity contribution in [3.8, 4) is 11.3 Å².